The minimum absolute atomic E-state index is 0.536. The lowest BCUT2D eigenvalue weighted by Gasteiger charge is -2.04. The molecule has 0 bridgehead atoms. The van der Waals surface area contributed by atoms with Gasteiger partial charge in [0.05, 0.1) is 6.54 Å². The van der Waals surface area contributed by atoms with E-state index in [0.29, 0.717) is 5.95 Å². The van der Waals surface area contributed by atoms with E-state index in [1.165, 1.54) is 17.1 Å². The fraction of sp³-hybridized carbons (Fsp3) is 0.333. The molecule has 4 nitrogen and oxygen atoms in total. The van der Waals surface area contributed by atoms with Crippen LogP contribution in [0.5, 0.6) is 0 Å². The molecule has 1 heterocycles. The van der Waals surface area contributed by atoms with Gasteiger partial charge < -0.3 is 5.73 Å². The number of anilines is 1. The van der Waals surface area contributed by atoms with Crippen molar-refractivity contribution in [1.82, 2.24) is 8.94 Å². The van der Waals surface area contributed by atoms with Gasteiger partial charge in [0.1, 0.15) is 0 Å². The Bertz CT molecular complexity index is 527. The Morgan fingerprint density at radius 3 is 2.82 bits per heavy atom. The topological polar surface area (TPSA) is 56.2 Å². The first-order chi connectivity index (χ1) is 8.31. The average Bonchev–Trinajstić information content (AvgIpc) is 2.70. The first-order valence-corrected chi connectivity index (χ1v) is 6.45. The van der Waals surface area contributed by atoms with Crippen LogP contribution in [0.15, 0.2) is 35.3 Å². The second kappa shape index (κ2) is 5.63. The smallest absolute Gasteiger partial charge is 0.214 e. The van der Waals surface area contributed by atoms with Crippen LogP contribution in [0, 0.1) is 0 Å². The molecule has 0 atom stereocenters. The number of nitrogens with zero attached hydrogens (tertiary/aromatic N) is 3. The second-order valence-corrected chi connectivity index (χ2v) is 4.51. The maximum atomic E-state index is 5.86. The highest BCUT2D eigenvalue weighted by molar-refractivity contribution is 7.03. The Hall–Kier alpha value is -1.62. The number of aromatic nitrogens is 2. The number of benzene rings is 1. The second-order valence-electron chi connectivity index (χ2n) is 3.78. The molecule has 0 amide bonds. The highest BCUT2D eigenvalue weighted by Crippen LogP contribution is 2.05. The minimum atomic E-state index is 0.536. The van der Waals surface area contributed by atoms with Crippen LogP contribution in [-0.2, 0) is 6.54 Å². The predicted octanol–water partition coefficient (Wildman–Crippen LogP) is 1.89. The lowest BCUT2D eigenvalue weighted by atomic mass is 10.2. The van der Waals surface area contributed by atoms with Gasteiger partial charge in [-0.05, 0) is 12.0 Å². The molecular formula is C12H16N4S. The number of rotatable bonds is 4. The number of nitrogen functional groups attached to an aromatic ring is 1. The molecule has 90 valence electrons. The first-order valence-electron chi connectivity index (χ1n) is 5.67. The Labute approximate surface area is 105 Å². The standard InChI is InChI=1S/C12H16N4S/c1-2-8-14-12-16(11(13)15-17-12)9-10-6-4-3-5-7-10/h3-7H,2,8-9H2,1H3,(H2,13,15). The van der Waals surface area contributed by atoms with E-state index in [0.717, 1.165) is 24.3 Å². The molecule has 0 unspecified atom stereocenters. The summed E-state index contributed by atoms with van der Waals surface area (Å²) in [6.07, 6.45) is 1.03. The van der Waals surface area contributed by atoms with Gasteiger partial charge in [0, 0.05) is 18.1 Å². The molecule has 1 aromatic heterocycles. The van der Waals surface area contributed by atoms with E-state index in [-0.39, 0.29) is 0 Å². The summed E-state index contributed by atoms with van der Waals surface area (Å²) in [7, 11) is 0. The van der Waals surface area contributed by atoms with Gasteiger partial charge >= 0.3 is 0 Å². The molecule has 2 rings (SSSR count). The highest BCUT2D eigenvalue weighted by Gasteiger charge is 2.03. The summed E-state index contributed by atoms with van der Waals surface area (Å²) >= 11 is 1.36. The molecule has 5 heteroatoms. The zero-order chi connectivity index (χ0) is 12.1. The largest absolute Gasteiger partial charge is 0.368 e. The molecular weight excluding hydrogens is 232 g/mol. The van der Waals surface area contributed by atoms with Crippen LogP contribution in [0.4, 0.5) is 5.95 Å². The SMILES string of the molecule is CCCN=c1snc(N)n1Cc1ccccc1. The summed E-state index contributed by atoms with van der Waals surface area (Å²) in [6.45, 7) is 3.65. The monoisotopic (exact) mass is 248 g/mol. The molecule has 0 aliphatic carbocycles. The van der Waals surface area contributed by atoms with E-state index in [9.17, 15) is 0 Å². The van der Waals surface area contributed by atoms with Crippen LogP contribution in [0.3, 0.4) is 0 Å². The van der Waals surface area contributed by atoms with Gasteiger partial charge in [0.2, 0.25) is 10.7 Å². The molecule has 0 spiro atoms. The van der Waals surface area contributed by atoms with Crippen molar-refractivity contribution in [2.75, 3.05) is 12.3 Å². The van der Waals surface area contributed by atoms with Crippen molar-refractivity contribution in [1.29, 1.82) is 0 Å². The zero-order valence-corrected chi connectivity index (χ0v) is 10.7. The van der Waals surface area contributed by atoms with Gasteiger partial charge in [0.15, 0.2) is 0 Å². The summed E-state index contributed by atoms with van der Waals surface area (Å²) in [5, 5.41) is 0. The van der Waals surface area contributed by atoms with Crippen LogP contribution < -0.4 is 10.5 Å². The molecule has 0 saturated carbocycles. The minimum Gasteiger partial charge on any atom is -0.368 e. The summed E-state index contributed by atoms with van der Waals surface area (Å²) < 4.78 is 6.11. The quantitative estimate of drug-likeness (QED) is 0.898. The normalized spacial score (nSPS) is 11.9. The average molecular weight is 248 g/mol. The van der Waals surface area contributed by atoms with E-state index in [2.05, 4.69) is 28.4 Å². The molecule has 0 saturated heterocycles. The highest BCUT2D eigenvalue weighted by atomic mass is 32.1. The zero-order valence-electron chi connectivity index (χ0n) is 9.84. The van der Waals surface area contributed by atoms with Crippen molar-refractivity contribution in [3.8, 4) is 0 Å². The summed E-state index contributed by atoms with van der Waals surface area (Å²) in [5.74, 6) is 0.536. The maximum absolute atomic E-state index is 5.86. The van der Waals surface area contributed by atoms with E-state index in [4.69, 9.17) is 5.73 Å². The maximum Gasteiger partial charge on any atom is 0.214 e. The van der Waals surface area contributed by atoms with Crippen molar-refractivity contribution in [3.63, 3.8) is 0 Å². The third-order valence-corrected chi connectivity index (χ3v) is 3.17. The van der Waals surface area contributed by atoms with Crippen molar-refractivity contribution in [2.24, 2.45) is 4.99 Å². The molecule has 0 aliphatic heterocycles. The van der Waals surface area contributed by atoms with Crippen LogP contribution in [-0.4, -0.2) is 15.5 Å². The lowest BCUT2D eigenvalue weighted by Crippen LogP contribution is -2.18. The number of nitrogens with two attached hydrogens (primary N) is 1. The van der Waals surface area contributed by atoms with Gasteiger partial charge in [0.25, 0.3) is 0 Å². The third-order valence-electron chi connectivity index (χ3n) is 2.38. The van der Waals surface area contributed by atoms with Crippen molar-refractivity contribution in [2.45, 2.75) is 19.9 Å². The van der Waals surface area contributed by atoms with Gasteiger partial charge in [-0.1, -0.05) is 37.3 Å². The molecule has 2 aromatic rings. The van der Waals surface area contributed by atoms with Crippen LogP contribution in [0.1, 0.15) is 18.9 Å². The van der Waals surface area contributed by atoms with Crippen molar-refractivity contribution < 1.29 is 0 Å². The molecule has 17 heavy (non-hydrogen) atoms. The van der Waals surface area contributed by atoms with Crippen molar-refractivity contribution in [3.05, 3.63) is 40.7 Å². The van der Waals surface area contributed by atoms with Gasteiger partial charge in [-0.15, -0.1) is 0 Å². The molecule has 0 aliphatic rings. The lowest BCUT2D eigenvalue weighted by molar-refractivity contribution is 0.752. The van der Waals surface area contributed by atoms with E-state index >= 15 is 0 Å². The molecule has 0 fully saturated rings. The summed E-state index contributed by atoms with van der Waals surface area (Å²) in [6, 6.07) is 10.2. The van der Waals surface area contributed by atoms with Gasteiger partial charge in [-0.2, -0.15) is 4.37 Å². The first kappa shape index (κ1) is 11.9. The van der Waals surface area contributed by atoms with E-state index in [1.54, 1.807) is 0 Å². The number of hydrogen-bond acceptors (Lipinski definition) is 4. The molecule has 1 aromatic carbocycles. The van der Waals surface area contributed by atoms with Crippen LogP contribution >= 0.6 is 11.5 Å². The van der Waals surface area contributed by atoms with Crippen LogP contribution in [0.2, 0.25) is 0 Å². The Morgan fingerprint density at radius 1 is 1.35 bits per heavy atom. The molecule has 2 N–H and O–H groups in total. The number of hydrogen-bond donors (Lipinski definition) is 1. The summed E-state index contributed by atoms with van der Waals surface area (Å²) in [5.41, 5.74) is 7.07. The van der Waals surface area contributed by atoms with Gasteiger partial charge in [-0.25, -0.2) is 0 Å². The third kappa shape index (κ3) is 2.94. The fourth-order valence-electron chi connectivity index (χ4n) is 1.52. The predicted molar refractivity (Wildman–Crippen MR) is 70.8 cm³/mol. The van der Waals surface area contributed by atoms with E-state index in [1.807, 2.05) is 22.8 Å². The van der Waals surface area contributed by atoms with Crippen LogP contribution in [0.25, 0.3) is 0 Å². The Kier molecular flexibility index (Phi) is 3.93. The van der Waals surface area contributed by atoms with E-state index < -0.39 is 0 Å². The van der Waals surface area contributed by atoms with Crippen molar-refractivity contribution >= 4 is 17.5 Å². The Morgan fingerprint density at radius 2 is 2.12 bits per heavy atom. The Balaban J connectivity index is 2.29. The molecule has 0 radical (unpaired) electrons. The van der Waals surface area contributed by atoms with Gasteiger partial charge in [-0.3, -0.25) is 9.56 Å². The summed E-state index contributed by atoms with van der Waals surface area (Å²) in [4.78, 5) is 5.38. The fourth-order valence-corrected chi connectivity index (χ4v) is 2.20.